The number of unbranched alkanes of at least 4 members (excludes halogenated alkanes) is 1. The number of aryl methyl sites for hydroxylation is 2. The lowest BCUT2D eigenvalue weighted by atomic mass is 10.2. The topological polar surface area (TPSA) is 126 Å². The van der Waals surface area contributed by atoms with E-state index < -0.39 is 11.2 Å². The Labute approximate surface area is 170 Å². The van der Waals surface area contributed by atoms with E-state index in [4.69, 9.17) is 4.74 Å². The van der Waals surface area contributed by atoms with Crippen molar-refractivity contribution in [1.82, 2.24) is 39.3 Å². The molecule has 1 fully saturated rings. The maximum absolute atomic E-state index is 12.4. The second kappa shape index (κ2) is 8.49. The van der Waals surface area contributed by atoms with Gasteiger partial charge in [0.2, 0.25) is 5.16 Å². The van der Waals surface area contributed by atoms with E-state index in [2.05, 4.69) is 32.4 Å². The molecule has 29 heavy (non-hydrogen) atoms. The Morgan fingerprint density at radius 1 is 1.34 bits per heavy atom. The highest BCUT2D eigenvalue weighted by Crippen LogP contribution is 2.22. The molecule has 1 atom stereocenters. The molecule has 0 aliphatic carbocycles. The third kappa shape index (κ3) is 3.99. The number of hydrogen-bond donors (Lipinski definition) is 1. The van der Waals surface area contributed by atoms with Crippen molar-refractivity contribution in [3.05, 3.63) is 26.7 Å². The molecule has 0 spiro atoms. The Bertz CT molecular complexity index is 1110. The number of H-pyrrole nitrogens is 1. The van der Waals surface area contributed by atoms with Gasteiger partial charge < -0.3 is 9.30 Å². The summed E-state index contributed by atoms with van der Waals surface area (Å²) < 4.78 is 10.7. The van der Waals surface area contributed by atoms with Gasteiger partial charge in [-0.15, -0.1) is 5.10 Å². The van der Waals surface area contributed by atoms with Crippen molar-refractivity contribution in [2.24, 2.45) is 7.05 Å². The summed E-state index contributed by atoms with van der Waals surface area (Å²) in [4.78, 5) is 31.6. The first-order chi connectivity index (χ1) is 14.1. The average Bonchev–Trinajstić information content (AvgIpc) is 3.42. The molecule has 3 aromatic rings. The standard InChI is InChI=1S/C17H24N8O3S/c1-3-4-7-24-14-13(15(26)19-16(24)27)23(2)12(18-14)10-29-17-20-21-22-25(17)9-11-6-5-8-28-11/h11H,3-10H2,1-2H3,(H,19,26,27). The number of ether oxygens (including phenoxy) is 1. The fourth-order valence-electron chi connectivity index (χ4n) is 3.47. The van der Waals surface area contributed by atoms with Gasteiger partial charge in [0.25, 0.3) is 5.56 Å². The van der Waals surface area contributed by atoms with E-state index >= 15 is 0 Å². The number of aromatic amines is 1. The molecule has 0 amide bonds. The van der Waals surface area contributed by atoms with Crippen molar-refractivity contribution in [3.63, 3.8) is 0 Å². The van der Waals surface area contributed by atoms with Gasteiger partial charge in [0.05, 0.1) is 18.4 Å². The van der Waals surface area contributed by atoms with Crippen LogP contribution < -0.4 is 11.2 Å². The maximum Gasteiger partial charge on any atom is 0.330 e. The molecular formula is C17H24N8O3S. The van der Waals surface area contributed by atoms with Gasteiger partial charge in [0.1, 0.15) is 5.82 Å². The van der Waals surface area contributed by atoms with Crippen LogP contribution in [0, 0.1) is 0 Å². The zero-order valence-corrected chi connectivity index (χ0v) is 17.3. The highest BCUT2D eigenvalue weighted by Gasteiger charge is 2.20. The monoisotopic (exact) mass is 420 g/mol. The fourth-order valence-corrected chi connectivity index (χ4v) is 4.34. The molecule has 1 aliphatic rings. The minimum absolute atomic E-state index is 0.139. The summed E-state index contributed by atoms with van der Waals surface area (Å²) >= 11 is 1.44. The maximum atomic E-state index is 12.4. The van der Waals surface area contributed by atoms with Crippen LogP contribution in [0.15, 0.2) is 14.7 Å². The highest BCUT2D eigenvalue weighted by atomic mass is 32.2. The molecule has 1 aliphatic heterocycles. The van der Waals surface area contributed by atoms with Crippen molar-refractivity contribution in [3.8, 4) is 0 Å². The van der Waals surface area contributed by atoms with Gasteiger partial charge in [-0.3, -0.25) is 14.3 Å². The van der Waals surface area contributed by atoms with Crippen LogP contribution >= 0.6 is 11.8 Å². The van der Waals surface area contributed by atoms with Gasteiger partial charge in [-0.05, 0) is 29.7 Å². The lowest BCUT2D eigenvalue weighted by Crippen LogP contribution is -2.31. The van der Waals surface area contributed by atoms with E-state index in [0.29, 0.717) is 41.0 Å². The molecule has 0 bridgehead atoms. The summed E-state index contributed by atoms with van der Waals surface area (Å²) in [5.74, 6) is 1.15. The van der Waals surface area contributed by atoms with E-state index in [0.717, 1.165) is 32.3 Å². The minimum Gasteiger partial charge on any atom is -0.376 e. The zero-order chi connectivity index (χ0) is 20.4. The predicted octanol–water partition coefficient (Wildman–Crippen LogP) is 0.681. The van der Waals surface area contributed by atoms with Gasteiger partial charge in [-0.1, -0.05) is 25.1 Å². The van der Waals surface area contributed by atoms with Crippen LogP contribution in [0.5, 0.6) is 0 Å². The number of aromatic nitrogens is 8. The molecule has 4 rings (SSSR count). The predicted molar refractivity (Wildman–Crippen MR) is 107 cm³/mol. The number of tetrazole rings is 1. The summed E-state index contributed by atoms with van der Waals surface area (Å²) in [6.07, 6.45) is 3.98. The smallest absolute Gasteiger partial charge is 0.330 e. The Morgan fingerprint density at radius 2 is 2.21 bits per heavy atom. The molecule has 0 saturated carbocycles. The summed E-state index contributed by atoms with van der Waals surface area (Å²) in [6, 6.07) is 0. The normalized spacial score (nSPS) is 16.8. The Kier molecular flexibility index (Phi) is 5.81. The van der Waals surface area contributed by atoms with Crippen LogP contribution in [0.4, 0.5) is 0 Å². The Morgan fingerprint density at radius 3 is 2.97 bits per heavy atom. The van der Waals surface area contributed by atoms with E-state index in [1.54, 1.807) is 16.3 Å². The molecule has 0 radical (unpaired) electrons. The van der Waals surface area contributed by atoms with Gasteiger partial charge >= 0.3 is 5.69 Å². The number of rotatable bonds is 8. The second-order valence-corrected chi connectivity index (χ2v) is 8.03. The first-order valence-electron chi connectivity index (χ1n) is 9.77. The lowest BCUT2D eigenvalue weighted by Gasteiger charge is -2.09. The first-order valence-corrected chi connectivity index (χ1v) is 10.8. The summed E-state index contributed by atoms with van der Waals surface area (Å²) in [5.41, 5.74) is -0.0273. The van der Waals surface area contributed by atoms with Gasteiger partial charge in [-0.25, -0.2) is 14.5 Å². The molecule has 4 heterocycles. The number of imidazole rings is 1. The quantitative estimate of drug-likeness (QED) is 0.527. The first kappa shape index (κ1) is 19.8. The largest absolute Gasteiger partial charge is 0.376 e. The van der Waals surface area contributed by atoms with Crippen LogP contribution in [-0.2, 0) is 30.6 Å². The molecule has 3 aromatic heterocycles. The summed E-state index contributed by atoms with van der Waals surface area (Å²) in [7, 11) is 1.78. The van der Waals surface area contributed by atoms with Gasteiger partial charge in [-0.2, -0.15) is 0 Å². The SMILES string of the molecule is CCCCn1c(=O)[nH]c(=O)c2c1nc(CSc1nnnn1CC1CCCO1)n2C. The zero-order valence-electron chi connectivity index (χ0n) is 16.5. The van der Waals surface area contributed by atoms with Crippen LogP contribution in [0.2, 0.25) is 0 Å². The van der Waals surface area contributed by atoms with Crippen molar-refractivity contribution >= 4 is 22.9 Å². The molecule has 1 saturated heterocycles. The molecular weight excluding hydrogens is 396 g/mol. The molecule has 156 valence electrons. The minimum atomic E-state index is -0.424. The Balaban J connectivity index is 1.58. The third-order valence-corrected chi connectivity index (χ3v) is 6.02. The molecule has 0 aromatic carbocycles. The average molecular weight is 420 g/mol. The van der Waals surface area contributed by atoms with E-state index in [1.807, 2.05) is 0 Å². The second-order valence-electron chi connectivity index (χ2n) is 7.09. The van der Waals surface area contributed by atoms with Crippen LogP contribution in [-0.4, -0.2) is 52.0 Å². The van der Waals surface area contributed by atoms with E-state index in [9.17, 15) is 9.59 Å². The highest BCUT2D eigenvalue weighted by molar-refractivity contribution is 7.98. The summed E-state index contributed by atoms with van der Waals surface area (Å²) in [6.45, 7) is 3.97. The van der Waals surface area contributed by atoms with Crippen LogP contribution in [0.1, 0.15) is 38.4 Å². The fraction of sp³-hybridized carbons (Fsp3) is 0.647. The molecule has 1 N–H and O–H groups in total. The van der Waals surface area contributed by atoms with Gasteiger partial charge in [0.15, 0.2) is 11.2 Å². The van der Waals surface area contributed by atoms with Gasteiger partial charge in [0, 0.05) is 20.2 Å². The number of hydrogen-bond acceptors (Lipinski definition) is 8. The van der Waals surface area contributed by atoms with Crippen molar-refractivity contribution in [1.29, 1.82) is 0 Å². The summed E-state index contributed by atoms with van der Waals surface area (Å²) in [5, 5.41) is 12.6. The van der Waals surface area contributed by atoms with E-state index in [-0.39, 0.29) is 6.10 Å². The number of nitrogens with one attached hydrogen (secondary N) is 1. The number of nitrogens with zero attached hydrogens (tertiary/aromatic N) is 7. The number of fused-ring (bicyclic) bond motifs is 1. The van der Waals surface area contributed by atoms with E-state index in [1.165, 1.54) is 16.3 Å². The van der Waals surface area contributed by atoms with Crippen LogP contribution in [0.25, 0.3) is 11.2 Å². The van der Waals surface area contributed by atoms with Crippen molar-refractivity contribution in [2.45, 2.75) is 62.7 Å². The Hall–Kier alpha value is -2.47. The van der Waals surface area contributed by atoms with Crippen LogP contribution in [0.3, 0.4) is 0 Å². The molecule has 1 unspecified atom stereocenters. The number of thioether (sulfide) groups is 1. The van der Waals surface area contributed by atoms with Crippen molar-refractivity contribution in [2.75, 3.05) is 6.61 Å². The molecule has 11 nitrogen and oxygen atoms in total. The van der Waals surface area contributed by atoms with Crippen molar-refractivity contribution < 1.29 is 4.74 Å². The third-order valence-electron chi connectivity index (χ3n) is 5.07. The molecule has 12 heteroatoms. The lowest BCUT2D eigenvalue weighted by molar-refractivity contribution is 0.0912.